The minimum Gasteiger partial charge on any atom is -0.341 e. The van der Waals surface area contributed by atoms with Crippen LogP contribution in [0.2, 0.25) is 0 Å². The van der Waals surface area contributed by atoms with E-state index in [1.807, 2.05) is 47.2 Å². The van der Waals surface area contributed by atoms with Gasteiger partial charge >= 0.3 is 0 Å². The molecule has 1 aromatic carbocycles. The van der Waals surface area contributed by atoms with Crippen molar-refractivity contribution < 1.29 is 4.79 Å². The molecule has 1 heterocycles. The summed E-state index contributed by atoms with van der Waals surface area (Å²) in [5.74, 6) is -0.0326. The van der Waals surface area contributed by atoms with Gasteiger partial charge in [0.15, 0.2) is 0 Å². The van der Waals surface area contributed by atoms with E-state index in [1.165, 1.54) is 0 Å². The van der Waals surface area contributed by atoms with Gasteiger partial charge in [0.1, 0.15) is 6.54 Å². The van der Waals surface area contributed by atoms with E-state index in [1.54, 1.807) is 0 Å². The summed E-state index contributed by atoms with van der Waals surface area (Å²) in [5.41, 5.74) is 1.91. The molecule has 1 aromatic heterocycles. The second-order valence-corrected chi connectivity index (χ2v) is 5.69. The van der Waals surface area contributed by atoms with Gasteiger partial charge in [-0.25, -0.2) is 0 Å². The predicted molar refractivity (Wildman–Crippen MR) is 89.2 cm³/mol. The maximum absolute atomic E-state index is 12.1. The van der Waals surface area contributed by atoms with Gasteiger partial charge in [0.2, 0.25) is 5.91 Å². The first-order chi connectivity index (χ1) is 10.2. The van der Waals surface area contributed by atoms with Crippen LogP contribution in [0.5, 0.6) is 0 Å². The number of rotatable bonds is 7. The molecular weight excluding hydrogens is 330 g/mol. The highest BCUT2D eigenvalue weighted by molar-refractivity contribution is 9.10. The lowest BCUT2D eigenvalue weighted by atomic mass is 10.3. The molecule has 0 saturated heterocycles. The highest BCUT2D eigenvalue weighted by atomic mass is 79.9. The van der Waals surface area contributed by atoms with Crippen molar-refractivity contribution in [3.8, 4) is 0 Å². The first-order valence-corrected chi connectivity index (χ1v) is 7.89. The van der Waals surface area contributed by atoms with Crippen molar-refractivity contribution in [3.05, 3.63) is 52.8 Å². The Labute approximate surface area is 133 Å². The van der Waals surface area contributed by atoms with Gasteiger partial charge in [-0.3, -0.25) is 4.79 Å². The average molecular weight is 350 g/mol. The first-order valence-electron chi connectivity index (χ1n) is 7.10. The molecule has 0 bridgehead atoms. The Morgan fingerprint density at radius 2 is 2.05 bits per heavy atom. The zero-order valence-electron chi connectivity index (χ0n) is 12.1. The summed E-state index contributed by atoms with van der Waals surface area (Å²) in [6, 6.07) is 11.6. The molecule has 0 fully saturated rings. The third kappa shape index (κ3) is 4.72. The smallest absolute Gasteiger partial charge is 0.244 e. The summed E-state index contributed by atoms with van der Waals surface area (Å²) in [6.07, 6.45) is 3.03. The maximum Gasteiger partial charge on any atom is 0.244 e. The molecule has 2 N–H and O–H groups in total. The van der Waals surface area contributed by atoms with Gasteiger partial charge in [-0.15, -0.1) is 0 Å². The fourth-order valence-corrected chi connectivity index (χ4v) is 2.45. The zero-order valence-corrected chi connectivity index (χ0v) is 13.7. The van der Waals surface area contributed by atoms with E-state index in [0.717, 1.165) is 35.4 Å². The number of nitrogens with zero attached hydrogens (tertiary/aromatic N) is 1. The number of aromatic nitrogens is 1. The van der Waals surface area contributed by atoms with Gasteiger partial charge < -0.3 is 15.2 Å². The summed E-state index contributed by atoms with van der Waals surface area (Å²) in [4.78, 5) is 12.1. The molecule has 21 heavy (non-hydrogen) atoms. The van der Waals surface area contributed by atoms with E-state index in [0.29, 0.717) is 6.54 Å². The average Bonchev–Trinajstić information content (AvgIpc) is 2.89. The van der Waals surface area contributed by atoms with Crippen LogP contribution < -0.4 is 10.6 Å². The maximum atomic E-state index is 12.1. The zero-order chi connectivity index (χ0) is 15.1. The van der Waals surface area contributed by atoms with Crippen molar-refractivity contribution in [2.24, 2.45) is 0 Å². The van der Waals surface area contributed by atoms with Crippen molar-refractivity contribution in [3.63, 3.8) is 0 Å². The number of nitrogens with one attached hydrogen (secondary N) is 2. The molecular formula is C16H20BrN3O. The Bertz CT molecular complexity index is 595. The number of carbonyl (C=O) groups is 1. The Hall–Kier alpha value is -1.59. The van der Waals surface area contributed by atoms with Crippen LogP contribution in [0, 0.1) is 0 Å². The minimum absolute atomic E-state index is 0.0326. The quantitative estimate of drug-likeness (QED) is 0.752. The van der Waals surface area contributed by atoms with Crippen LogP contribution in [0.1, 0.15) is 19.0 Å². The van der Waals surface area contributed by atoms with E-state index < -0.39 is 0 Å². The molecule has 2 aromatic rings. The van der Waals surface area contributed by atoms with Gasteiger partial charge in [0.25, 0.3) is 0 Å². The molecule has 4 nitrogen and oxygen atoms in total. The summed E-state index contributed by atoms with van der Waals surface area (Å²) >= 11 is 3.43. The highest BCUT2D eigenvalue weighted by Crippen LogP contribution is 2.21. The molecule has 0 aliphatic rings. The van der Waals surface area contributed by atoms with Crippen LogP contribution in [0.25, 0.3) is 0 Å². The van der Waals surface area contributed by atoms with Crippen molar-refractivity contribution in [2.45, 2.75) is 26.4 Å². The summed E-state index contributed by atoms with van der Waals surface area (Å²) in [5, 5.41) is 6.27. The number of benzene rings is 1. The molecule has 0 aliphatic carbocycles. The Kier molecular flexibility index (Phi) is 6.02. The molecule has 0 atom stereocenters. The van der Waals surface area contributed by atoms with E-state index in [2.05, 4.69) is 33.5 Å². The topological polar surface area (TPSA) is 46.1 Å². The number of hydrogen-bond acceptors (Lipinski definition) is 2. The Balaban J connectivity index is 1.94. The molecule has 5 heteroatoms. The Morgan fingerprint density at radius 1 is 1.24 bits per heavy atom. The van der Waals surface area contributed by atoms with Crippen molar-refractivity contribution in [1.29, 1.82) is 0 Å². The lowest BCUT2D eigenvalue weighted by Gasteiger charge is -2.11. The first kappa shape index (κ1) is 15.8. The number of halogens is 1. The number of carbonyl (C=O) groups excluding carboxylic acids is 1. The number of hydrogen-bond donors (Lipinski definition) is 2. The van der Waals surface area contributed by atoms with Gasteiger partial charge in [-0.05, 0) is 53.2 Å². The van der Waals surface area contributed by atoms with Crippen LogP contribution in [-0.2, 0) is 17.9 Å². The minimum atomic E-state index is -0.0326. The van der Waals surface area contributed by atoms with Gasteiger partial charge in [-0.1, -0.05) is 19.1 Å². The van der Waals surface area contributed by atoms with Crippen LogP contribution in [0.15, 0.2) is 47.1 Å². The molecule has 0 aliphatic heterocycles. The fourth-order valence-electron chi connectivity index (χ4n) is 2.06. The largest absolute Gasteiger partial charge is 0.341 e. The van der Waals surface area contributed by atoms with Crippen LogP contribution >= 0.6 is 15.9 Å². The van der Waals surface area contributed by atoms with E-state index in [4.69, 9.17) is 0 Å². The van der Waals surface area contributed by atoms with Crippen molar-refractivity contribution >= 4 is 27.5 Å². The molecule has 112 valence electrons. The van der Waals surface area contributed by atoms with Crippen molar-refractivity contribution in [1.82, 2.24) is 9.88 Å². The van der Waals surface area contributed by atoms with E-state index >= 15 is 0 Å². The molecule has 0 saturated carbocycles. The second-order valence-electron chi connectivity index (χ2n) is 4.83. The molecule has 1 amide bonds. The second kappa shape index (κ2) is 8.00. The number of para-hydroxylation sites is 1. The standard InChI is InChI=1S/C16H20BrN3O/c1-2-9-18-11-13-6-5-10-20(13)12-16(21)19-15-8-4-3-7-14(15)17/h3-8,10,18H,2,9,11-12H2,1H3,(H,19,21). The van der Waals surface area contributed by atoms with E-state index in [-0.39, 0.29) is 5.91 Å². The summed E-state index contributed by atoms with van der Waals surface area (Å²) in [7, 11) is 0. The molecule has 0 unspecified atom stereocenters. The predicted octanol–water partition coefficient (Wildman–Crippen LogP) is 3.39. The van der Waals surface area contributed by atoms with Gasteiger partial charge in [0.05, 0.1) is 5.69 Å². The lowest BCUT2D eigenvalue weighted by molar-refractivity contribution is -0.116. The molecule has 0 radical (unpaired) electrons. The SMILES string of the molecule is CCCNCc1cccn1CC(=O)Nc1ccccc1Br. The van der Waals surface area contributed by atoms with Gasteiger partial charge in [0, 0.05) is 22.9 Å². The van der Waals surface area contributed by atoms with Crippen molar-refractivity contribution in [2.75, 3.05) is 11.9 Å². The third-order valence-electron chi connectivity index (χ3n) is 3.12. The fraction of sp³-hybridized carbons (Fsp3) is 0.312. The Morgan fingerprint density at radius 3 is 2.81 bits per heavy atom. The summed E-state index contributed by atoms with van der Waals surface area (Å²) < 4.78 is 2.85. The van der Waals surface area contributed by atoms with Gasteiger partial charge in [-0.2, -0.15) is 0 Å². The highest BCUT2D eigenvalue weighted by Gasteiger charge is 2.08. The monoisotopic (exact) mass is 349 g/mol. The van der Waals surface area contributed by atoms with Crippen LogP contribution in [0.3, 0.4) is 0 Å². The lowest BCUT2D eigenvalue weighted by Crippen LogP contribution is -2.22. The van der Waals surface area contributed by atoms with Crippen LogP contribution in [-0.4, -0.2) is 17.0 Å². The normalized spacial score (nSPS) is 10.6. The number of amides is 1. The third-order valence-corrected chi connectivity index (χ3v) is 3.81. The summed E-state index contributed by atoms with van der Waals surface area (Å²) in [6.45, 7) is 4.21. The molecule has 2 rings (SSSR count). The van der Waals surface area contributed by atoms with Crippen LogP contribution in [0.4, 0.5) is 5.69 Å². The van der Waals surface area contributed by atoms with E-state index in [9.17, 15) is 4.79 Å². The number of anilines is 1. The molecule has 0 spiro atoms.